The minimum Gasteiger partial charge on any atom is -0.356 e. The van der Waals surface area contributed by atoms with Gasteiger partial charge in [0.25, 0.3) is 0 Å². The smallest absolute Gasteiger partial charge is 0.0311 e. The molecule has 2 rings (SSSR count). The molecule has 0 heterocycles. The molecule has 1 nitrogen and oxygen atoms in total. The Hall–Kier alpha value is -2.54. The Kier molecular flexibility index (Phi) is 5.46. The van der Waals surface area contributed by atoms with Crippen LogP contribution < -0.4 is 5.32 Å². The first-order valence-corrected chi connectivity index (χ1v) is 8.31. The Morgan fingerprint density at radius 2 is 1.71 bits per heavy atom. The fourth-order valence-corrected chi connectivity index (χ4v) is 3.20. The zero-order chi connectivity index (χ0) is 17.7. The zero-order valence-electron chi connectivity index (χ0n) is 15.2. The van der Waals surface area contributed by atoms with Gasteiger partial charge in [0.1, 0.15) is 0 Å². The summed E-state index contributed by atoms with van der Waals surface area (Å²) in [5, 5.41) is 3.21. The minimum absolute atomic E-state index is 0.0142. The number of nitrogens with one attached hydrogen (secondary N) is 1. The zero-order valence-corrected chi connectivity index (χ0v) is 15.2. The quantitative estimate of drug-likeness (QED) is 0.629. The van der Waals surface area contributed by atoms with Gasteiger partial charge in [-0.3, -0.25) is 0 Å². The lowest BCUT2D eigenvalue weighted by Crippen LogP contribution is -2.16. The highest BCUT2D eigenvalue weighted by atomic mass is 14.9. The van der Waals surface area contributed by atoms with Crippen LogP contribution >= 0.6 is 0 Å². The number of allylic oxidation sites excluding steroid dienone is 8. The molecule has 0 fully saturated rings. The van der Waals surface area contributed by atoms with Crippen molar-refractivity contribution in [2.75, 3.05) is 0 Å². The first kappa shape index (κ1) is 17.8. The summed E-state index contributed by atoms with van der Waals surface area (Å²) >= 11 is 0. The van der Waals surface area contributed by atoms with Crippen molar-refractivity contribution >= 4 is 5.57 Å². The van der Waals surface area contributed by atoms with E-state index < -0.39 is 0 Å². The number of fused-ring (bicyclic) bond motifs is 1. The second kappa shape index (κ2) is 7.35. The summed E-state index contributed by atoms with van der Waals surface area (Å²) in [6.07, 6.45) is 12.0. The average molecular weight is 317 g/mol. The first-order chi connectivity index (χ1) is 11.4. The van der Waals surface area contributed by atoms with Crippen molar-refractivity contribution in [1.82, 2.24) is 5.32 Å². The monoisotopic (exact) mass is 317 g/mol. The highest BCUT2D eigenvalue weighted by molar-refractivity contribution is 5.81. The summed E-state index contributed by atoms with van der Waals surface area (Å²) in [6.45, 7) is 16.8. The number of benzene rings is 1. The van der Waals surface area contributed by atoms with Crippen molar-refractivity contribution in [3.05, 3.63) is 102 Å². The van der Waals surface area contributed by atoms with E-state index in [4.69, 9.17) is 0 Å². The third-order valence-corrected chi connectivity index (χ3v) is 4.46. The van der Waals surface area contributed by atoms with Crippen LogP contribution in [0, 0.1) is 0 Å². The second-order valence-electron chi connectivity index (χ2n) is 6.60. The molecule has 24 heavy (non-hydrogen) atoms. The minimum atomic E-state index is 0.0142. The van der Waals surface area contributed by atoms with Gasteiger partial charge in [0.2, 0.25) is 0 Å². The fourth-order valence-electron chi connectivity index (χ4n) is 3.20. The second-order valence-corrected chi connectivity index (χ2v) is 6.60. The third kappa shape index (κ3) is 3.68. The maximum Gasteiger partial charge on any atom is 0.0311 e. The van der Waals surface area contributed by atoms with E-state index >= 15 is 0 Å². The Morgan fingerprint density at radius 1 is 1.04 bits per heavy atom. The highest BCUT2D eigenvalue weighted by Gasteiger charge is 2.34. The van der Waals surface area contributed by atoms with Crippen molar-refractivity contribution in [1.29, 1.82) is 0 Å². The van der Waals surface area contributed by atoms with Gasteiger partial charge in [-0.25, -0.2) is 0 Å². The van der Waals surface area contributed by atoms with Gasteiger partial charge in [0.15, 0.2) is 0 Å². The Balaban J connectivity index is 2.14. The normalized spacial score (nSPS) is 16.3. The lowest BCUT2D eigenvalue weighted by atomic mass is 9.81. The Labute approximate surface area is 146 Å². The number of rotatable bonds is 6. The van der Waals surface area contributed by atoms with Gasteiger partial charge >= 0.3 is 0 Å². The van der Waals surface area contributed by atoms with Gasteiger partial charge in [0.05, 0.1) is 0 Å². The molecule has 0 saturated carbocycles. The van der Waals surface area contributed by atoms with Crippen LogP contribution in [0.4, 0.5) is 0 Å². The molecule has 0 amide bonds. The molecule has 0 aliphatic heterocycles. The predicted molar refractivity (Wildman–Crippen MR) is 107 cm³/mol. The average Bonchev–Trinajstić information content (AvgIpc) is 2.73. The van der Waals surface area contributed by atoms with E-state index in [1.807, 2.05) is 37.3 Å². The molecule has 1 aliphatic carbocycles. The largest absolute Gasteiger partial charge is 0.356 e. The molecule has 0 bridgehead atoms. The molecule has 0 aromatic heterocycles. The van der Waals surface area contributed by atoms with Crippen LogP contribution in [0.1, 0.15) is 38.8 Å². The van der Waals surface area contributed by atoms with Crippen LogP contribution in [0.3, 0.4) is 0 Å². The topological polar surface area (TPSA) is 12.0 Å². The van der Waals surface area contributed by atoms with Crippen molar-refractivity contribution < 1.29 is 0 Å². The van der Waals surface area contributed by atoms with Gasteiger partial charge < -0.3 is 5.32 Å². The molecule has 124 valence electrons. The highest BCUT2D eigenvalue weighted by Crippen LogP contribution is 2.46. The van der Waals surface area contributed by atoms with Crippen LogP contribution in [0.25, 0.3) is 5.57 Å². The van der Waals surface area contributed by atoms with Crippen molar-refractivity contribution in [2.24, 2.45) is 0 Å². The van der Waals surface area contributed by atoms with E-state index in [9.17, 15) is 0 Å². The molecular formula is C23H27N. The summed E-state index contributed by atoms with van der Waals surface area (Å²) in [4.78, 5) is 0. The summed E-state index contributed by atoms with van der Waals surface area (Å²) in [7, 11) is 0. The Morgan fingerprint density at radius 3 is 2.38 bits per heavy atom. The SMILES string of the molecule is C=C(/C=C\C=C/C)NC(=C)/C=C\C1=C(C)c2ccccc2C1(C)C. The van der Waals surface area contributed by atoms with Crippen molar-refractivity contribution in [3.63, 3.8) is 0 Å². The van der Waals surface area contributed by atoms with Crippen LogP contribution in [0.2, 0.25) is 0 Å². The molecular weight excluding hydrogens is 290 g/mol. The Bertz CT molecular complexity index is 767. The van der Waals surface area contributed by atoms with E-state index in [2.05, 4.69) is 69.6 Å². The molecule has 0 atom stereocenters. The van der Waals surface area contributed by atoms with Gasteiger partial charge in [0, 0.05) is 16.8 Å². The fraction of sp³-hybridized carbons (Fsp3) is 0.217. The summed E-state index contributed by atoms with van der Waals surface area (Å²) < 4.78 is 0. The van der Waals surface area contributed by atoms with Crippen LogP contribution in [-0.2, 0) is 5.41 Å². The molecule has 1 aromatic rings. The van der Waals surface area contributed by atoms with Gasteiger partial charge in [-0.2, -0.15) is 0 Å². The standard InChI is InChI=1S/C23H27N/c1-7-8-9-12-17(2)24-18(3)15-16-21-19(4)20-13-10-11-14-22(20)23(21,5)6/h7-16,24H,2-3H2,1,4-6H3/b8-7-,12-9-,16-15-. The maximum absolute atomic E-state index is 4.07. The molecule has 0 saturated heterocycles. The lowest BCUT2D eigenvalue weighted by Gasteiger charge is -2.23. The van der Waals surface area contributed by atoms with Crippen molar-refractivity contribution in [2.45, 2.75) is 33.1 Å². The lowest BCUT2D eigenvalue weighted by molar-refractivity contribution is 0.654. The van der Waals surface area contributed by atoms with E-state index in [-0.39, 0.29) is 5.41 Å². The molecule has 1 aliphatic rings. The number of hydrogen-bond acceptors (Lipinski definition) is 1. The van der Waals surface area contributed by atoms with Crippen LogP contribution in [-0.4, -0.2) is 0 Å². The molecule has 0 unspecified atom stereocenters. The van der Waals surface area contributed by atoms with E-state index in [0.29, 0.717) is 0 Å². The molecule has 1 heteroatoms. The van der Waals surface area contributed by atoms with Crippen LogP contribution in [0.5, 0.6) is 0 Å². The van der Waals surface area contributed by atoms with E-state index in [1.54, 1.807) is 0 Å². The molecule has 1 aromatic carbocycles. The van der Waals surface area contributed by atoms with E-state index in [0.717, 1.165) is 11.4 Å². The van der Waals surface area contributed by atoms with E-state index in [1.165, 1.54) is 22.3 Å². The first-order valence-electron chi connectivity index (χ1n) is 8.31. The summed E-state index contributed by atoms with van der Waals surface area (Å²) in [6, 6.07) is 8.64. The van der Waals surface area contributed by atoms with Gasteiger partial charge in [-0.05, 0) is 48.3 Å². The third-order valence-electron chi connectivity index (χ3n) is 4.46. The molecule has 0 radical (unpaired) electrons. The van der Waals surface area contributed by atoms with Gasteiger partial charge in [-0.1, -0.05) is 75.6 Å². The number of hydrogen-bond donors (Lipinski definition) is 1. The van der Waals surface area contributed by atoms with Crippen molar-refractivity contribution in [3.8, 4) is 0 Å². The molecule has 0 spiro atoms. The maximum atomic E-state index is 4.07. The predicted octanol–water partition coefficient (Wildman–Crippen LogP) is 6.06. The summed E-state index contributed by atoms with van der Waals surface area (Å²) in [5.41, 5.74) is 7.08. The van der Waals surface area contributed by atoms with Crippen LogP contribution in [0.15, 0.2) is 90.8 Å². The molecule has 1 N–H and O–H groups in total. The van der Waals surface area contributed by atoms with Gasteiger partial charge in [-0.15, -0.1) is 0 Å². The summed E-state index contributed by atoms with van der Waals surface area (Å²) in [5.74, 6) is 0.